The molecular weight excluding hydrogens is 404 g/mol. The Labute approximate surface area is 167 Å². The van der Waals surface area contributed by atoms with Crippen molar-refractivity contribution in [2.75, 3.05) is 12.4 Å². The van der Waals surface area contributed by atoms with Gasteiger partial charge < -0.3 is 10.1 Å². The van der Waals surface area contributed by atoms with Gasteiger partial charge in [-0.3, -0.25) is 4.57 Å². The number of para-hydroxylation sites is 2. The number of rotatable bonds is 7. The lowest BCUT2D eigenvalue weighted by Gasteiger charge is -2.06. The highest BCUT2D eigenvalue weighted by atomic mass is 32.2. The number of alkyl halides is 2. The fourth-order valence-corrected chi connectivity index (χ4v) is 4.36. The van der Waals surface area contributed by atoms with Crippen LogP contribution in [-0.2, 0) is 5.75 Å². The second-order valence-electron chi connectivity index (χ2n) is 5.68. The van der Waals surface area contributed by atoms with E-state index in [1.807, 2.05) is 24.3 Å². The van der Waals surface area contributed by atoms with E-state index in [0.29, 0.717) is 26.3 Å². The fraction of sp³-hybridized carbons (Fsp3) is 0.167. The maximum Gasteiger partial charge on any atom is 0.320 e. The van der Waals surface area contributed by atoms with Gasteiger partial charge in [-0.15, -0.1) is 10.2 Å². The van der Waals surface area contributed by atoms with E-state index < -0.39 is 6.55 Å². The van der Waals surface area contributed by atoms with Crippen LogP contribution in [0.2, 0.25) is 0 Å². The number of hydrogen-bond acceptors (Lipinski definition) is 7. The third-order valence-electron chi connectivity index (χ3n) is 3.94. The van der Waals surface area contributed by atoms with Gasteiger partial charge in [0.2, 0.25) is 5.13 Å². The number of fused-ring (bicyclic) bond motifs is 1. The summed E-state index contributed by atoms with van der Waals surface area (Å²) in [5.41, 5.74) is 1.83. The van der Waals surface area contributed by atoms with E-state index >= 15 is 0 Å². The molecule has 0 radical (unpaired) electrons. The van der Waals surface area contributed by atoms with Crippen molar-refractivity contribution in [1.29, 1.82) is 0 Å². The zero-order chi connectivity index (χ0) is 19.5. The first-order valence-corrected chi connectivity index (χ1v) is 10.1. The number of benzene rings is 2. The Balaban J connectivity index is 1.46. The first-order chi connectivity index (χ1) is 13.6. The molecule has 144 valence electrons. The summed E-state index contributed by atoms with van der Waals surface area (Å²) in [6.45, 7) is -2.65. The SMILES string of the molecule is COc1ccc(Nc2nnc(SCc3nc4ccccc4n3C(F)F)s2)cc1. The first kappa shape index (κ1) is 18.6. The second-order valence-corrected chi connectivity index (χ2v) is 7.88. The fourth-order valence-electron chi connectivity index (χ4n) is 2.66. The Bertz CT molecular complexity index is 1080. The van der Waals surface area contributed by atoms with Crippen molar-refractivity contribution < 1.29 is 13.5 Å². The average Bonchev–Trinajstić information content (AvgIpc) is 3.30. The van der Waals surface area contributed by atoms with Crippen LogP contribution in [0.5, 0.6) is 5.75 Å². The minimum absolute atomic E-state index is 0.274. The van der Waals surface area contributed by atoms with Crippen LogP contribution in [-0.4, -0.2) is 26.9 Å². The minimum Gasteiger partial charge on any atom is -0.497 e. The van der Waals surface area contributed by atoms with Crippen molar-refractivity contribution in [3.8, 4) is 5.75 Å². The van der Waals surface area contributed by atoms with Crippen LogP contribution in [0.25, 0.3) is 11.0 Å². The lowest BCUT2D eigenvalue weighted by atomic mass is 10.3. The molecule has 1 N–H and O–H groups in total. The van der Waals surface area contributed by atoms with E-state index in [1.165, 1.54) is 23.1 Å². The number of nitrogens with one attached hydrogen (secondary N) is 1. The molecule has 0 amide bonds. The minimum atomic E-state index is -2.65. The lowest BCUT2D eigenvalue weighted by Crippen LogP contribution is -2.03. The molecule has 2 aromatic heterocycles. The zero-order valence-electron chi connectivity index (χ0n) is 14.7. The molecular formula is C18H15F2N5OS2. The molecule has 0 aliphatic carbocycles. The van der Waals surface area contributed by atoms with Crippen LogP contribution >= 0.6 is 23.1 Å². The van der Waals surface area contributed by atoms with Gasteiger partial charge in [-0.2, -0.15) is 8.78 Å². The number of thioether (sulfide) groups is 1. The number of nitrogens with zero attached hydrogens (tertiary/aromatic N) is 4. The predicted octanol–water partition coefficient (Wildman–Crippen LogP) is 5.33. The summed E-state index contributed by atoms with van der Waals surface area (Å²) in [5.74, 6) is 1.35. The largest absolute Gasteiger partial charge is 0.497 e. The smallest absolute Gasteiger partial charge is 0.320 e. The summed E-state index contributed by atoms with van der Waals surface area (Å²) >= 11 is 2.68. The molecule has 0 bridgehead atoms. The highest BCUT2D eigenvalue weighted by Gasteiger charge is 2.18. The van der Waals surface area contributed by atoms with Crippen molar-refractivity contribution in [2.24, 2.45) is 0 Å². The second kappa shape index (κ2) is 8.11. The summed E-state index contributed by atoms with van der Waals surface area (Å²) in [5, 5.41) is 12.0. The Morgan fingerprint density at radius 1 is 1.14 bits per heavy atom. The average molecular weight is 419 g/mol. The van der Waals surface area contributed by atoms with Gasteiger partial charge >= 0.3 is 6.55 Å². The number of anilines is 2. The van der Waals surface area contributed by atoms with Crippen LogP contribution in [0.15, 0.2) is 52.9 Å². The topological polar surface area (TPSA) is 64.9 Å². The molecule has 6 nitrogen and oxygen atoms in total. The molecule has 2 heterocycles. The molecule has 0 aliphatic heterocycles. The summed E-state index contributed by atoms with van der Waals surface area (Å²) in [6.07, 6.45) is 0. The Kier molecular flexibility index (Phi) is 5.40. The maximum atomic E-state index is 13.5. The molecule has 0 atom stereocenters. The van der Waals surface area contributed by atoms with E-state index in [4.69, 9.17) is 4.74 Å². The van der Waals surface area contributed by atoms with Gasteiger partial charge in [-0.1, -0.05) is 35.2 Å². The summed E-state index contributed by atoms with van der Waals surface area (Å²) in [4.78, 5) is 4.33. The van der Waals surface area contributed by atoms with Crippen molar-refractivity contribution in [3.05, 3.63) is 54.4 Å². The molecule has 2 aromatic carbocycles. The molecule has 28 heavy (non-hydrogen) atoms. The van der Waals surface area contributed by atoms with Crippen LogP contribution < -0.4 is 10.1 Å². The molecule has 4 rings (SSSR count). The van der Waals surface area contributed by atoms with Crippen molar-refractivity contribution in [2.45, 2.75) is 16.6 Å². The van der Waals surface area contributed by atoms with Gasteiger partial charge in [-0.05, 0) is 36.4 Å². The van der Waals surface area contributed by atoms with E-state index in [-0.39, 0.29) is 5.75 Å². The first-order valence-electron chi connectivity index (χ1n) is 8.25. The zero-order valence-corrected chi connectivity index (χ0v) is 16.3. The number of methoxy groups -OCH3 is 1. The molecule has 0 saturated carbocycles. The van der Waals surface area contributed by atoms with Crippen LogP contribution in [0.1, 0.15) is 12.4 Å². The quantitative estimate of drug-likeness (QED) is 0.409. The maximum absolute atomic E-state index is 13.5. The molecule has 0 unspecified atom stereocenters. The molecule has 0 spiro atoms. The van der Waals surface area contributed by atoms with Crippen LogP contribution in [0.3, 0.4) is 0 Å². The number of aromatic nitrogens is 4. The predicted molar refractivity (Wildman–Crippen MR) is 107 cm³/mol. The van der Waals surface area contributed by atoms with Gasteiger partial charge in [0, 0.05) is 5.69 Å². The number of halogens is 2. The Morgan fingerprint density at radius 3 is 2.68 bits per heavy atom. The van der Waals surface area contributed by atoms with Crippen LogP contribution in [0.4, 0.5) is 19.6 Å². The molecule has 0 aliphatic rings. The number of imidazole rings is 1. The Hall–Kier alpha value is -2.72. The lowest BCUT2D eigenvalue weighted by molar-refractivity contribution is 0.0722. The standard InChI is InChI=1S/C18H15F2N5OS2/c1-26-12-8-6-11(7-9-12)21-17-23-24-18(28-17)27-10-15-22-13-4-2-3-5-14(13)25(15)16(19)20/h2-9,16H,10H2,1H3,(H,21,23). The van der Waals surface area contributed by atoms with Gasteiger partial charge in [0.25, 0.3) is 0 Å². The van der Waals surface area contributed by atoms with Crippen LogP contribution in [0, 0.1) is 0 Å². The normalized spacial score (nSPS) is 11.3. The van der Waals surface area contributed by atoms with Crippen molar-refractivity contribution in [3.63, 3.8) is 0 Å². The highest BCUT2D eigenvalue weighted by Crippen LogP contribution is 2.32. The van der Waals surface area contributed by atoms with Crippen molar-refractivity contribution in [1.82, 2.24) is 19.7 Å². The molecule has 10 heteroatoms. The summed E-state index contributed by atoms with van der Waals surface area (Å²) in [7, 11) is 1.61. The molecule has 4 aromatic rings. The van der Waals surface area contributed by atoms with Gasteiger partial charge in [0.15, 0.2) is 4.34 Å². The Morgan fingerprint density at radius 2 is 1.93 bits per heavy atom. The summed E-state index contributed by atoms with van der Waals surface area (Å²) in [6, 6.07) is 14.3. The molecule has 0 saturated heterocycles. The van der Waals surface area contributed by atoms with Gasteiger partial charge in [-0.25, -0.2) is 4.98 Å². The third-order valence-corrected chi connectivity index (χ3v) is 5.90. The highest BCUT2D eigenvalue weighted by molar-refractivity contribution is 8.00. The summed E-state index contributed by atoms with van der Waals surface area (Å²) < 4.78 is 33.7. The van der Waals surface area contributed by atoms with Gasteiger partial charge in [0.1, 0.15) is 11.6 Å². The van der Waals surface area contributed by atoms with E-state index in [0.717, 1.165) is 16.0 Å². The molecule has 0 fully saturated rings. The monoisotopic (exact) mass is 419 g/mol. The van der Waals surface area contributed by atoms with E-state index in [2.05, 4.69) is 20.5 Å². The van der Waals surface area contributed by atoms with E-state index in [1.54, 1.807) is 31.4 Å². The number of ether oxygens (including phenoxy) is 1. The number of hydrogen-bond donors (Lipinski definition) is 1. The van der Waals surface area contributed by atoms with E-state index in [9.17, 15) is 8.78 Å². The van der Waals surface area contributed by atoms with Gasteiger partial charge in [0.05, 0.1) is 23.9 Å². The third kappa shape index (κ3) is 3.92. The van der Waals surface area contributed by atoms with Crippen molar-refractivity contribution >= 4 is 45.0 Å².